The van der Waals surface area contributed by atoms with Crippen molar-refractivity contribution in [3.05, 3.63) is 11.3 Å². The molecular weight excluding hydrogens is 174 g/mol. The van der Waals surface area contributed by atoms with Crippen LogP contribution in [0.25, 0.3) is 0 Å². The van der Waals surface area contributed by atoms with Gasteiger partial charge in [0, 0.05) is 38.8 Å². The SMILES string of the molecule is CC.CN1C=NC2=C(C1)CN(C)CC2. The van der Waals surface area contributed by atoms with E-state index < -0.39 is 0 Å². The molecule has 0 bridgehead atoms. The number of aliphatic imine (C=N–C) groups is 1. The van der Waals surface area contributed by atoms with E-state index in [4.69, 9.17) is 0 Å². The lowest BCUT2D eigenvalue weighted by molar-refractivity contribution is 0.332. The molecule has 0 N–H and O–H groups in total. The zero-order valence-corrected chi connectivity index (χ0v) is 9.75. The van der Waals surface area contributed by atoms with Gasteiger partial charge in [0.2, 0.25) is 0 Å². The van der Waals surface area contributed by atoms with Crippen LogP contribution in [0.1, 0.15) is 20.3 Å². The van der Waals surface area contributed by atoms with E-state index >= 15 is 0 Å². The van der Waals surface area contributed by atoms with Crippen LogP contribution in [-0.2, 0) is 0 Å². The van der Waals surface area contributed by atoms with Crippen LogP contribution in [0.3, 0.4) is 0 Å². The van der Waals surface area contributed by atoms with Crippen LogP contribution >= 0.6 is 0 Å². The molecule has 80 valence electrons. The van der Waals surface area contributed by atoms with Gasteiger partial charge in [0.25, 0.3) is 0 Å². The summed E-state index contributed by atoms with van der Waals surface area (Å²) >= 11 is 0. The van der Waals surface area contributed by atoms with Crippen molar-refractivity contribution < 1.29 is 0 Å². The Kier molecular flexibility index (Phi) is 4.14. The van der Waals surface area contributed by atoms with Crippen LogP contribution in [-0.4, -0.2) is 49.9 Å². The zero-order valence-electron chi connectivity index (χ0n) is 9.75. The lowest BCUT2D eigenvalue weighted by Gasteiger charge is -2.30. The maximum absolute atomic E-state index is 4.42. The largest absolute Gasteiger partial charge is 0.362 e. The van der Waals surface area contributed by atoms with Crippen LogP contribution in [0, 0.1) is 0 Å². The Hall–Kier alpha value is -0.830. The van der Waals surface area contributed by atoms with Crippen molar-refractivity contribution in [2.24, 2.45) is 4.99 Å². The predicted molar refractivity (Wildman–Crippen MR) is 61.6 cm³/mol. The smallest absolute Gasteiger partial charge is 0.0908 e. The zero-order chi connectivity index (χ0) is 10.6. The third-order valence-electron chi connectivity index (χ3n) is 2.45. The Labute approximate surface area is 87.1 Å². The van der Waals surface area contributed by atoms with E-state index in [9.17, 15) is 0 Å². The second-order valence-corrected chi connectivity index (χ2v) is 3.70. The number of hydrogen-bond donors (Lipinski definition) is 0. The van der Waals surface area contributed by atoms with E-state index in [2.05, 4.69) is 28.9 Å². The van der Waals surface area contributed by atoms with Crippen molar-refractivity contribution in [2.45, 2.75) is 20.3 Å². The number of hydrogen-bond acceptors (Lipinski definition) is 3. The lowest BCUT2D eigenvalue weighted by Crippen LogP contribution is -2.34. The van der Waals surface area contributed by atoms with Gasteiger partial charge in [-0.2, -0.15) is 0 Å². The van der Waals surface area contributed by atoms with Gasteiger partial charge in [0.15, 0.2) is 0 Å². The third-order valence-corrected chi connectivity index (χ3v) is 2.45. The second kappa shape index (κ2) is 5.15. The normalized spacial score (nSPS) is 21.6. The molecule has 2 aliphatic heterocycles. The molecule has 0 aromatic heterocycles. The maximum Gasteiger partial charge on any atom is 0.0908 e. The summed E-state index contributed by atoms with van der Waals surface area (Å²) in [5.41, 5.74) is 2.82. The first-order valence-corrected chi connectivity index (χ1v) is 5.39. The summed E-state index contributed by atoms with van der Waals surface area (Å²) in [5, 5.41) is 0. The summed E-state index contributed by atoms with van der Waals surface area (Å²) in [5.74, 6) is 0. The van der Waals surface area contributed by atoms with Gasteiger partial charge in [-0.25, -0.2) is 4.99 Å². The minimum atomic E-state index is 1.06. The highest BCUT2D eigenvalue weighted by Crippen LogP contribution is 2.20. The molecule has 0 saturated heterocycles. The van der Waals surface area contributed by atoms with Gasteiger partial charge in [-0.15, -0.1) is 0 Å². The van der Waals surface area contributed by atoms with Gasteiger partial charge in [-0.3, -0.25) is 0 Å². The van der Waals surface area contributed by atoms with Crippen molar-refractivity contribution in [2.75, 3.05) is 33.7 Å². The molecule has 0 fully saturated rings. The molecule has 2 aliphatic rings. The molecule has 0 saturated carbocycles. The van der Waals surface area contributed by atoms with Gasteiger partial charge < -0.3 is 9.80 Å². The number of nitrogens with zero attached hydrogens (tertiary/aromatic N) is 3. The molecule has 3 heteroatoms. The second-order valence-electron chi connectivity index (χ2n) is 3.70. The minimum absolute atomic E-state index is 1.06. The van der Waals surface area contributed by atoms with Crippen LogP contribution in [0.2, 0.25) is 0 Å². The number of rotatable bonds is 0. The Morgan fingerprint density at radius 1 is 1.21 bits per heavy atom. The van der Waals surface area contributed by atoms with Gasteiger partial charge >= 0.3 is 0 Å². The molecule has 0 unspecified atom stereocenters. The average molecular weight is 195 g/mol. The van der Waals surface area contributed by atoms with E-state index in [-0.39, 0.29) is 0 Å². The summed E-state index contributed by atoms with van der Waals surface area (Å²) in [7, 11) is 4.24. The van der Waals surface area contributed by atoms with Crippen molar-refractivity contribution in [3.63, 3.8) is 0 Å². The van der Waals surface area contributed by atoms with Gasteiger partial charge in [-0.1, -0.05) is 13.8 Å². The van der Waals surface area contributed by atoms with E-state index in [1.165, 1.54) is 11.3 Å². The quantitative estimate of drug-likeness (QED) is 0.584. The molecule has 0 amide bonds. The van der Waals surface area contributed by atoms with Gasteiger partial charge in [-0.05, 0) is 12.6 Å². The summed E-state index contributed by atoms with van der Waals surface area (Å²) < 4.78 is 0. The molecule has 0 atom stereocenters. The Morgan fingerprint density at radius 3 is 2.64 bits per heavy atom. The number of likely N-dealkylation sites (N-methyl/N-ethyl adjacent to an activating group) is 2. The van der Waals surface area contributed by atoms with Crippen LogP contribution in [0.4, 0.5) is 0 Å². The molecule has 0 spiro atoms. The molecule has 3 nitrogen and oxygen atoms in total. The summed E-state index contributed by atoms with van der Waals surface area (Å²) in [6.07, 6.45) is 3.06. The fraction of sp³-hybridized carbons (Fsp3) is 0.727. The van der Waals surface area contributed by atoms with E-state index in [1.807, 2.05) is 20.2 Å². The lowest BCUT2D eigenvalue weighted by atomic mass is 10.1. The van der Waals surface area contributed by atoms with E-state index in [0.29, 0.717) is 0 Å². The highest BCUT2D eigenvalue weighted by molar-refractivity contribution is 5.59. The average Bonchev–Trinajstić information content (AvgIpc) is 2.20. The van der Waals surface area contributed by atoms with Gasteiger partial charge in [0.1, 0.15) is 0 Å². The monoisotopic (exact) mass is 195 g/mol. The summed E-state index contributed by atoms with van der Waals surface area (Å²) in [6.45, 7) is 7.31. The highest BCUT2D eigenvalue weighted by Gasteiger charge is 2.18. The first-order chi connectivity index (χ1) is 6.75. The van der Waals surface area contributed by atoms with Crippen LogP contribution < -0.4 is 0 Å². The van der Waals surface area contributed by atoms with Crippen molar-refractivity contribution in [1.82, 2.24) is 9.80 Å². The van der Waals surface area contributed by atoms with Crippen molar-refractivity contribution >= 4 is 6.34 Å². The molecule has 0 aromatic carbocycles. The maximum atomic E-state index is 4.42. The molecule has 2 heterocycles. The van der Waals surface area contributed by atoms with Gasteiger partial charge in [0.05, 0.1) is 6.34 Å². The third kappa shape index (κ3) is 2.58. The molecule has 0 aliphatic carbocycles. The Morgan fingerprint density at radius 2 is 1.93 bits per heavy atom. The molecule has 14 heavy (non-hydrogen) atoms. The molecule has 2 rings (SSSR count). The van der Waals surface area contributed by atoms with Crippen molar-refractivity contribution in [3.8, 4) is 0 Å². The van der Waals surface area contributed by atoms with Crippen molar-refractivity contribution in [1.29, 1.82) is 0 Å². The summed E-state index contributed by atoms with van der Waals surface area (Å²) in [6, 6.07) is 0. The first kappa shape index (κ1) is 11.2. The Balaban J connectivity index is 0.000000461. The molecular formula is C11H21N3. The molecule has 0 aromatic rings. The first-order valence-electron chi connectivity index (χ1n) is 5.39. The Bertz CT molecular complexity index is 243. The topological polar surface area (TPSA) is 18.8 Å². The van der Waals surface area contributed by atoms with Crippen LogP contribution in [0.5, 0.6) is 0 Å². The fourth-order valence-corrected chi connectivity index (χ4v) is 1.78. The van der Waals surface area contributed by atoms with Crippen LogP contribution in [0.15, 0.2) is 16.3 Å². The molecule has 0 radical (unpaired) electrons. The summed E-state index contributed by atoms with van der Waals surface area (Å²) in [4.78, 5) is 8.91. The van der Waals surface area contributed by atoms with E-state index in [0.717, 1.165) is 26.1 Å². The highest BCUT2D eigenvalue weighted by atomic mass is 15.2. The minimum Gasteiger partial charge on any atom is -0.362 e. The predicted octanol–water partition coefficient (Wildman–Crippen LogP) is 1.58. The van der Waals surface area contributed by atoms with E-state index in [1.54, 1.807) is 0 Å². The fourth-order valence-electron chi connectivity index (χ4n) is 1.78. The standard InChI is InChI=1S/C9H15N3.C2H6/c1-11-4-3-9-8(5-11)6-12(2)7-10-9;1-2/h7H,3-6H2,1-2H3;1-2H3.